The molecule has 0 heterocycles. The number of rotatable bonds is 7. The first-order chi connectivity index (χ1) is 8.13. The number of amides is 1. The van der Waals surface area contributed by atoms with E-state index in [1.54, 1.807) is 7.05 Å². The monoisotopic (exact) mass is 370 g/mol. The minimum atomic E-state index is 0. The Morgan fingerprint density at radius 2 is 1.89 bits per heavy atom. The van der Waals surface area contributed by atoms with E-state index in [1.165, 1.54) is 0 Å². The van der Waals surface area contributed by atoms with Gasteiger partial charge in [-0.05, 0) is 19.8 Å². The molecule has 0 spiro atoms. The summed E-state index contributed by atoms with van der Waals surface area (Å²) >= 11 is 0. The molecule has 0 aliphatic carbocycles. The van der Waals surface area contributed by atoms with Crippen molar-refractivity contribution in [2.24, 2.45) is 4.99 Å². The molecule has 108 valence electrons. The van der Waals surface area contributed by atoms with Crippen LogP contribution >= 0.6 is 24.0 Å². The maximum absolute atomic E-state index is 11.3. The molecular weight excluding hydrogens is 343 g/mol. The molecule has 18 heavy (non-hydrogen) atoms. The summed E-state index contributed by atoms with van der Waals surface area (Å²) in [6, 6.07) is 0.384. The van der Waals surface area contributed by atoms with E-state index in [9.17, 15) is 4.79 Å². The molecule has 0 aliphatic heterocycles. The van der Waals surface area contributed by atoms with Crippen LogP contribution in [0.5, 0.6) is 0 Å². The van der Waals surface area contributed by atoms with Gasteiger partial charge in [-0.1, -0.05) is 13.8 Å². The van der Waals surface area contributed by atoms with Gasteiger partial charge in [0, 0.05) is 32.6 Å². The summed E-state index contributed by atoms with van der Waals surface area (Å²) in [5.74, 6) is 0.834. The number of nitrogens with one attached hydrogen (secondary N) is 3. The lowest BCUT2D eigenvalue weighted by Crippen LogP contribution is -2.43. The van der Waals surface area contributed by atoms with Crippen molar-refractivity contribution in [3.8, 4) is 0 Å². The summed E-state index contributed by atoms with van der Waals surface area (Å²) in [5.41, 5.74) is 0. The van der Waals surface area contributed by atoms with E-state index in [4.69, 9.17) is 0 Å². The Morgan fingerprint density at radius 3 is 2.39 bits per heavy atom. The van der Waals surface area contributed by atoms with Crippen LogP contribution in [-0.4, -0.2) is 38.0 Å². The first-order valence-electron chi connectivity index (χ1n) is 6.37. The first kappa shape index (κ1) is 19.8. The quantitative estimate of drug-likeness (QED) is 0.361. The molecule has 0 rings (SSSR count). The van der Waals surface area contributed by atoms with Gasteiger partial charge in [-0.25, -0.2) is 0 Å². The van der Waals surface area contributed by atoms with Gasteiger partial charge in [0.2, 0.25) is 5.91 Å². The van der Waals surface area contributed by atoms with Crippen LogP contribution in [0.2, 0.25) is 0 Å². The number of guanidine groups is 1. The third-order valence-corrected chi connectivity index (χ3v) is 2.44. The van der Waals surface area contributed by atoms with Crippen molar-refractivity contribution in [1.82, 2.24) is 16.0 Å². The van der Waals surface area contributed by atoms with E-state index in [1.807, 2.05) is 6.92 Å². The van der Waals surface area contributed by atoms with E-state index in [2.05, 4.69) is 34.8 Å². The molecule has 0 aromatic rings. The fraction of sp³-hybridized carbons (Fsp3) is 0.833. The maximum atomic E-state index is 11.3. The normalized spacial score (nSPS) is 12.3. The first-order valence-corrected chi connectivity index (χ1v) is 6.37. The average Bonchev–Trinajstić information content (AvgIpc) is 2.34. The van der Waals surface area contributed by atoms with Crippen molar-refractivity contribution in [2.45, 2.75) is 46.1 Å². The summed E-state index contributed by atoms with van der Waals surface area (Å²) in [5, 5.41) is 9.20. The average molecular weight is 370 g/mol. The van der Waals surface area contributed by atoms with Crippen LogP contribution in [0.4, 0.5) is 0 Å². The SMILES string of the molecule is CCCNC(=O)CCNC(=NC)NC(C)CC.I. The summed E-state index contributed by atoms with van der Waals surface area (Å²) in [7, 11) is 1.73. The molecule has 1 atom stereocenters. The molecule has 5 nitrogen and oxygen atoms in total. The molecule has 1 amide bonds. The fourth-order valence-corrected chi connectivity index (χ4v) is 1.18. The van der Waals surface area contributed by atoms with Crippen molar-refractivity contribution >= 4 is 35.8 Å². The second-order valence-electron chi connectivity index (χ2n) is 4.05. The molecule has 0 aromatic carbocycles. The van der Waals surface area contributed by atoms with Crippen molar-refractivity contribution < 1.29 is 4.79 Å². The van der Waals surface area contributed by atoms with Crippen LogP contribution < -0.4 is 16.0 Å². The highest BCUT2D eigenvalue weighted by Gasteiger charge is 2.03. The van der Waals surface area contributed by atoms with Crippen molar-refractivity contribution in [2.75, 3.05) is 20.1 Å². The van der Waals surface area contributed by atoms with E-state index in [-0.39, 0.29) is 29.9 Å². The van der Waals surface area contributed by atoms with E-state index >= 15 is 0 Å². The number of carbonyl (C=O) groups is 1. The van der Waals surface area contributed by atoms with E-state index in [0.29, 0.717) is 19.0 Å². The Hall–Kier alpha value is -0.530. The molecule has 0 fully saturated rings. The van der Waals surface area contributed by atoms with Gasteiger partial charge in [0.1, 0.15) is 0 Å². The molecule has 6 heteroatoms. The summed E-state index contributed by atoms with van der Waals surface area (Å²) in [4.78, 5) is 15.4. The van der Waals surface area contributed by atoms with Gasteiger partial charge in [-0.2, -0.15) is 0 Å². The summed E-state index contributed by atoms with van der Waals surface area (Å²) in [6.07, 6.45) is 2.48. The number of hydrogen-bond donors (Lipinski definition) is 3. The summed E-state index contributed by atoms with van der Waals surface area (Å²) < 4.78 is 0. The number of halogens is 1. The van der Waals surface area contributed by atoms with Gasteiger partial charge in [0.25, 0.3) is 0 Å². The number of carbonyl (C=O) groups excluding carboxylic acids is 1. The lowest BCUT2D eigenvalue weighted by Gasteiger charge is -2.16. The fourth-order valence-electron chi connectivity index (χ4n) is 1.18. The zero-order valence-electron chi connectivity index (χ0n) is 11.9. The zero-order chi connectivity index (χ0) is 13.1. The van der Waals surface area contributed by atoms with Gasteiger partial charge in [-0.15, -0.1) is 24.0 Å². The van der Waals surface area contributed by atoms with Crippen molar-refractivity contribution in [1.29, 1.82) is 0 Å². The highest BCUT2D eigenvalue weighted by molar-refractivity contribution is 14.0. The van der Waals surface area contributed by atoms with Crippen LogP contribution in [0.15, 0.2) is 4.99 Å². The van der Waals surface area contributed by atoms with E-state index < -0.39 is 0 Å². The van der Waals surface area contributed by atoms with Gasteiger partial charge in [-0.3, -0.25) is 9.79 Å². The van der Waals surface area contributed by atoms with Crippen molar-refractivity contribution in [3.63, 3.8) is 0 Å². The Labute approximate surface area is 128 Å². The van der Waals surface area contributed by atoms with E-state index in [0.717, 1.165) is 25.3 Å². The minimum absolute atomic E-state index is 0. The van der Waals surface area contributed by atoms with Crippen LogP contribution in [-0.2, 0) is 4.79 Å². The van der Waals surface area contributed by atoms with Gasteiger partial charge >= 0.3 is 0 Å². The molecule has 0 saturated heterocycles. The lowest BCUT2D eigenvalue weighted by molar-refractivity contribution is -0.120. The van der Waals surface area contributed by atoms with Crippen molar-refractivity contribution in [3.05, 3.63) is 0 Å². The topological polar surface area (TPSA) is 65.5 Å². The molecule has 0 radical (unpaired) electrons. The van der Waals surface area contributed by atoms with Gasteiger partial charge < -0.3 is 16.0 Å². The molecule has 0 aliphatic rings. The maximum Gasteiger partial charge on any atom is 0.221 e. The predicted molar refractivity (Wildman–Crippen MR) is 87.6 cm³/mol. The molecule has 0 bridgehead atoms. The standard InChI is InChI=1S/C12H26N4O.HI/c1-5-8-14-11(17)7-9-15-12(13-4)16-10(3)6-2;/h10H,5-9H2,1-4H3,(H,14,17)(H2,13,15,16);1H. The lowest BCUT2D eigenvalue weighted by atomic mass is 10.3. The molecular formula is C12H27IN4O. The van der Waals surface area contributed by atoms with Crippen LogP contribution in [0, 0.1) is 0 Å². The van der Waals surface area contributed by atoms with Crippen LogP contribution in [0.25, 0.3) is 0 Å². The second-order valence-corrected chi connectivity index (χ2v) is 4.05. The summed E-state index contributed by atoms with van der Waals surface area (Å²) in [6.45, 7) is 7.60. The Balaban J connectivity index is 0. The van der Waals surface area contributed by atoms with Crippen LogP contribution in [0.1, 0.15) is 40.0 Å². The second kappa shape index (κ2) is 12.9. The van der Waals surface area contributed by atoms with Crippen LogP contribution in [0.3, 0.4) is 0 Å². The highest BCUT2D eigenvalue weighted by atomic mass is 127. The molecule has 0 aromatic heterocycles. The Kier molecular flexibility index (Phi) is 14.2. The van der Waals surface area contributed by atoms with Gasteiger partial charge in [0.05, 0.1) is 0 Å². The molecule has 3 N–H and O–H groups in total. The smallest absolute Gasteiger partial charge is 0.221 e. The van der Waals surface area contributed by atoms with Gasteiger partial charge in [0.15, 0.2) is 5.96 Å². The minimum Gasteiger partial charge on any atom is -0.356 e. The highest BCUT2D eigenvalue weighted by Crippen LogP contribution is 1.87. The third kappa shape index (κ3) is 10.6. The third-order valence-electron chi connectivity index (χ3n) is 2.44. The Morgan fingerprint density at radius 1 is 1.22 bits per heavy atom. The Bertz CT molecular complexity index is 246. The number of nitrogens with zero attached hydrogens (tertiary/aromatic N) is 1. The number of aliphatic imine (C=N–C) groups is 1. The number of hydrogen-bond acceptors (Lipinski definition) is 2. The zero-order valence-corrected chi connectivity index (χ0v) is 14.2. The molecule has 0 saturated carbocycles. The molecule has 1 unspecified atom stereocenters. The largest absolute Gasteiger partial charge is 0.356 e. The predicted octanol–water partition coefficient (Wildman–Crippen LogP) is 1.48.